The second-order valence-electron chi connectivity index (χ2n) is 2.67. The Morgan fingerprint density at radius 2 is 0.654 bits per heavy atom. The molecule has 0 aromatic carbocycles. The van der Waals surface area contributed by atoms with Crippen LogP contribution in [-0.4, -0.2) is 21.6 Å². The first-order valence-corrected chi connectivity index (χ1v) is 18.0. The minimum atomic E-state index is -4.78. The van der Waals surface area contributed by atoms with Crippen molar-refractivity contribution >= 4 is 40.2 Å². The minimum absolute atomic E-state index is 1.75. The number of pyridine rings is 1. The Morgan fingerprint density at radius 3 is 0.692 bits per heavy atom. The molecule has 1 heterocycles. The zero-order chi connectivity index (χ0) is 22.2. The molecular formula is C5H9Cl4Cr4NO12. The van der Waals surface area contributed by atoms with Crippen molar-refractivity contribution in [2.24, 2.45) is 0 Å². The molecule has 1 aromatic heterocycles. The molecule has 0 saturated heterocycles. The van der Waals surface area contributed by atoms with Crippen LogP contribution >= 0.6 is 40.2 Å². The van der Waals surface area contributed by atoms with Gasteiger partial charge < -0.3 is 0 Å². The van der Waals surface area contributed by atoms with Gasteiger partial charge in [-0.15, -0.1) is 0 Å². The van der Waals surface area contributed by atoms with E-state index in [0.29, 0.717) is 0 Å². The monoisotopic (exact) mass is 623 g/mol. The van der Waals surface area contributed by atoms with Gasteiger partial charge in [-0.25, -0.2) is 0 Å². The Kier molecular flexibility index (Phi) is 21.9. The number of nitrogens with zero attached hydrogens (tertiary/aromatic N) is 1. The second kappa shape index (κ2) is 16.6. The van der Waals surface area contributed by atoms with E-state index in [1.54, 1.807) is 12.4 Å². The molecule has 0 aliphatic carbocycles. The Hall–Kier alpha value is 0.680. The van der Waals surface area contributed by atoms with Crippen molar-refractivity contribution in [2.45, 2.75) is 0 Å². The van der Waals surface area contributed by atoms with Crippen LogP contribution in [0.5, 0.6) is 0 Å². The molecule has 1 rings (SSSR count). The summed E-state index contributed by atoms with van der Waals surface area (Å²) in [6, 6.07) is 5.72. The van der Waals surface area contributed by atoms with Gasteiger partial charge in [0.15, 0.2) is 0 Å². The maximum Gasteiger partial charge on any atom is 0.0267 e. The molecule has 1 aromatic rings. The molecule has 26 heavy (non-hydrogen) atoms. The van der Waals surface area contributed by atoms with Crippen LogP contribution < -0.4 is 0 Å². The molecule has 0 fully saturated rings. The van der Waals surface area contributed by atoms with Crippen LogP contribution in [0.4, 0.5) is 0 Å². The van der Waals surface area contributed by atoms with Crippen molar-refractivity contribution in [3.05, 3.63) is 30.6 Å². The SMILES string of the molecule is [O]=[Cr](=[O])([OH])[Cl].[O]=[Cr](=[O])([OH])[Cl].[O]=[Cr](=[O])([OH])[Cl].[O]=[Cr](=[O])([OH])[Cl].c1ccncc1. The standard InChI is InChI=1S/C5H5N.4ClH.4Cr.4H2O.8O/c1-2-4-6-5-3-1;;;;;;;;;;;;;;;;;;;;/h1-5H;4*1H;;;;;4*1H2;;;;;;;;/q;;;;;4*+2;;;;;;;;;;;;/p-8. The van der Waals surface area contributed by atoms with Gasteiger partial charge in [-0.05, 0) is 12.1 Å². The largest absolute Gasteiger partial charge is 0.265 e. The number of halogens is 4. The van der Waals surface area contributed by atoms with E-state index in [4.69, 9.17) is 47.1 Å². The molecule has 0 aliphatic heterocycles. The van der Waals surface area contributed by atoms with Crippen molar-refractivity contribution < 1.29 is 96.5 Å². The van der Waals surface area contributed by atoms with Crippen LogP contribution in [0.15, 0.2) is 30.6 Å². The van der Waals surface area contributed by atoms with Gasteiger partial charge in [0.1, 0.15) is 0 Å². The molecule has 0 atom stereocenters. The van der Waals surface area contributed by atoms with Gasteiger partial charge >= 0.3 is 137 Å². The summed E-state index contributed by atoms with van der Waals surface area (Å²) in [4.78, 5) is 3.78. The van der Waals surface area contributed by atoms with Gasteiger partial charge in [-0.2, -0.15) is 0 Å². The zero-order valence-electron chi connectivity index (χ0n) is 11.5. The smallest absolute Gasteiger partial charge is 0.0267 e. The first kappa shape index (κ1) is 34.2. The zero-order valence-corrected chi connectivity index (χ0v) is 19.7. The third kappa shape index (κ3) is 310. The first-order chi connectivity index (χ1) is 11.0. The molecule has 0 unspecified atom stereocenters. The van der Waals surface area contributed by atoms with Gasteiger partial charge in [0, 0.05) is 12.4 Å². The Morgan fingerprint density at radius 1 is 0.500 bits per heavy atom. The summed E-state index contributed by atoms with van der Waals surface area (Å²) in [5, 5.41) is 0. The maximum absolute atomic E-state index is 9.03. The van der Waals surface area contributed by atoms with Gasteiger partial charge in [0.05, 0.1) is 0 Å². The number of rotatable bonds is 0. The van der Waals surface area contributed by atoms with E-state index in [1.165, 1.54) is 0 Å². The number of hydrogen-bond donors (Lipinski definition) is 4. The quantitative estimate of drug-likeness (QED) is 0.311. The fourth-order valence-corrected chi connectivity index (χ4v) is 0.313. The summed E-state index contributed by atoms with van der Waals surface area (Å²) in [6.07, 6.45) is 3.50. The Labute approximate surface area is 170 Å². The third-order valence-electron chi connectivity index (χ3n) is 0.566. The molecule has 0 saturated carbocycles. The van der Waals surface area contributed by atoms with Crippen LogP contribution in [0, 0.1) is 0 Å². The van der Waals surface area contributed by atoms with Crippen LogP contribution in [0.2, 0.25) is 0 Å². The first-order valence-electron chi connectivity index (χ1n) is 4.53. The predicted molar refractivity (Wildman–Crippen MR) is 62.0 cm³/mol. The average molecular weight is 625 g/mol. The molecule has 0 aliphatic rings. The second-order valence-corrected chi connectivity index (χ2v) is 14.3. The topological polar surface area (TPSA) is 230 Å². The molecule has 0 bridgehead atoms. The normalized spacial score (nSPS) is 10.8. The van der Waals surface area contributed by atoms with E-state index in [1.807, 2.05) is 18.2 Å². The molecular weight excluding hydrogens is 616 g/mol. The van der Waals surface area contributed by atoms with E-state index in [2.05, 4.69) is 45.2 Å². The van der Waals surface area contributed by atoms with Crippen molar-refractivity contribution in [2.75, 3.05) is 0 Å². The molecule has 13 nitrogen and oxygen atoms in total. The molecule has 21 heteroatoms. The van der Waals surface area contributed by atoms with Gasteiger partial charge in [-0.3, -0.25) is 4.98 Å². The van der Waals surface area contributed by atoms with Gasteiger partial charge in [0.25, 0.3) is 0 Å². The van der Waals surface area contributed by atoms with Crippen LogP contribution in [-0.2, 0) is 79.9 Å². The van der Waals surface area contributed by atoms with E-state index in [-0.39, 0.29) is 0 Å². The molecule has 0 radical (unpaired) electrons. The third-order valence-corrected chi connectivity index (χ3v) is 0.566. The van der Waals surface area contributed by atoms with Crippen LogP contribution in [0.1, 0.15) is 0 Å². The predicted octanol–water partition coefficient (Wildman–Crippen LogP) is 0.651. The van der Waals surface area contributed by atoms with Crippen LogP contribution in [0.3, 0.4) is 0 Å². The van der Waals surface area contributed by atoms with Crippen LogP contribution in [0.25, 0.3) is 0 Å². The van der Waals surface area contributed by atoms with E-state index in [0.717, 1.165) is 0 Å². The Balaban J connectivity index is -0.000000117. The van der Waals surface area contributed by atoms with E-state index >= 15 is 0 Å². The fraction of sp³-hybridized carbons (Fsp3) is 0. The fourth-order valence-electron chi connectivity index (χ4n) is 0.313. The average Bonchev–Trinajstić information content (AvgIpc) is 2.21. The summed E-state index contributed by atoms with van der Waals surface area (Å²) >= 11 is -19.1. The molecule has 158 valence electrons. The van der Waals surface area contributed by atoms with E-state index in [9.17, 15) is 0 Å². The molecule has 4 N–H and O–H groups in total. The summed E-state index contributed by atoms with van der Waals surface area (Å²) < 4.78 is 102. The Bertz CT molecular complexity index is 688. The van der Waals surface area contributed by atoms with Gasteiger partial charge in [0.2, 0.25) is 0 Å². The number of aromatic nitrogens is 1. The van der Waals surface area contributed by atoms with Crippen molar-refractivity contribution in [1.82, 2.24) is 4.98 Å². The molecule has 0 amide bonds. The maximum atomic E-state index is 9.03. The van der Waals surface area contributed by atoms with Crippen molar-refractivity contribution in [3.63, 3.8) is 0 Å². The number of hydrogen-bond acceptors (Lipinski definition) is 9. The summed E-state index contributed by atoms with van der Waals surface area (Å²) in [6.45, 7) is 0. The summed E-state index contributed by atoms with van der Waals surface area (Å²) in [5.74, 6) is 0. The summed E-state index contributed by atoms with van der Waals surface area (Å²) in [7, 11) is 16.5. The van der Waals surface area contributed by atoms with Crippen molar-refractivity contribution in [1.29, 1.82) is 0 Å². The van der Waals surface area contributed by atoms with E-state index < -0.39 is 49.4 Å². The minimum Gasteiger partial charge on any atom is -0.265 e. The van der Waals surface area contributed by atoms with Crippen molar-refractivity contribution in [3.8, 4) is 0 Å². The summed E-state index contributed by atoms with van der Waals surface area (Å²) in [5.41, 5.74) is 0. The molecule has 0 spiro atoms. The van der Waals surface area contributed by atoms with Gasteiger partial charge in [-0.1, -0.05) is 6.07 Å².